The Labute approximate surface area is 93.1 Å². The summed E-state index contributed by atoms with van der Waals surface area (Å²) in [7, 11) is 0. The first-order valence-electron chi connectivity index (χ1n) is 4.18. The summed E-state index contributed by atoms with van der Waals surface area (Å²) >= 11 is 7.18. The van der Waals surface area contributed by atoms with Gasteiger partial charge in [0.05, 0.1) is 0 Å². The maximum atomic E-state index is 7.55. The van der Waals surface area contributed by atoms with Crippen LogP contribution in [-0.2, 0) is 0 Å². The zero-order valence-corrected chi connectivity index (χ0v) is 9.65. The summed E-state index contributed by atoms with van der Waals surface area (Å²) in [4.78, 5) is 0. The lowest BCUT2D eigenvalue weighted by molar-refractivity contribution is 0.289. The molecule has 0 bridgehead atoms. The number of rotatable bonds is 3. The minimum Gasteiger partial charge on any atom is -0.484 e. The first-order valence-corrected chi connectivity index (χ1v) is 5.78. The Hall–Kier alpha value is -0.670. The zero-order chi connectivity index (χ0) is 10.6. The van der Waals surface area contributed by atoms with Crippen LogP contribution in [0.3, 0.4) is 0 Å². The van der Waals surface area contributed by atoms with Gasteiger partial charge in [-0.1, -0.05) is 17.7 Å². The molecule has 0 amide bonds. The molecule has 0 aliphatic rings. The molecule has 0 aromatic heterocycles. The molecule has 0 aliphatic heterocycles. The van der Waals surface area contributed by atoms with Crippen LogP contribution in [0, 0.1) is 5.41 Å². The maximum absolute atomic E-state index is 7.55. The molecule has 1 N–H and O–H groups in total. The van der Waals surface area contributed by atoms with Crippen molar-refractivity contribution >= 4 is 28.4 Å². The maximum Gasteiger partial charge on any atom is 0.143 e. The van der Waals surface area contributed by atoms with Crippen molar-refractivity contribution in [3.8, 4) is 5.75 Å². The van der Waals surface area contributed by atoms with Crippen LogP contribution in [0.5, 0.6) is 5.75 Å². The van der Waals surface area contributed by atoms with Gasteiger partial charge in [0.25, 0.3) is 0 Å². The molecule has 4 heteroatoms. The van der Waals surface area contributed by atoms with E-state index in [1.165, 1.54) is 11.8 Å². The molecular formula is C10H12ClNOS. The van der Waals surface area contributed by atoms with Crippen LogP contribution in [-0.4, -0.2) is 17.4 Å². The van der Waals surface area contributed by atoms with Crippen molar-refractivity contribution in [2.75, 3.05) is 6.26 Å². The van der Waals surface area contributed by atoms with Gasteiger partial charge in [-0.05, 0) is 31.4 Å². The van der Waals surface area contributed by atoms with Crippen molar-refractivity contribution in [1.82, 2.24) is 0 Å². The molecule has 1 unspecified atom stereocenters. The van der Waals surface area contributed by atoms with E-state index >= 15 is 0 Å². The molecule has 0 heterocycles. The number of halogens is 1. The van der Waals surface area contributed by atoms with Gasteiger partial charge in [-0.15, -0.1) is 11.8 Å². The quantitative estimate of drug-likeness (QED) is 0.636. The highest BCUT2D eigenvalue weighted by molar-refractivity contribution is 8.13. The minimum atomic E-state index is -0.219. The Bertz CT molecular complexity index is 330. The molecule has 0 saturated heterocycles. The van der Waals surface area contributed by atoms with E-state index in [-0.39, 0.29) is 6.10 Å². The van der Waals surface area contributed by atoms with Crippen molar-refractivity contribution in [2.45, 2.75) is 13.0 Å². The van der Waals surface area contributed by atoms with Crippen molar-refractivity contribution in [3.63, 3.8) is 0 Å². The standard InChI is InChI=1S/C10H12ClNOS/c1-7(10(12)14-2)13-9-5-3-4-8(11)6-9/h3-7,12H,1-2H3. The SMILES string of the molecule is CSC(=N)C(C)Oc1cccc(Cl)c1. The summed E-state index contributed by atoms with van der Waals surface area (Å²) in [5.41, 5.74) is 0. The second-order valence-electron chi connectivity index (χ2n) is 2.79. The summed E-state index contributed by atoms with van der Waals surface area (Å²) in [5.74, 6) is 0.698. The van der Waals surface area contributed by atoms with Crippen LogP contribution in [0.1, 0.15) is 6.92 Å². The summed E-state index contributed by atoms with van der Waals surface area (Å²) in [6, 6.07) is 7.19. The first kappa shape index (κ1) is 11.4. The normalized spacial score (nSPS) is 12.2. The van der Waals surface area contributed by atoms with Crippen molar-refractivity contribution in [3.05, 3.63) is 29.3 Å². The average Bonchev–Trinajstić information content (AvgIpc) is 2.16. The minimum absolute atomic E-state index is 0.219. The van der Waals surface area contributed by atoms with Crippen LogP contribution < -0.4 is 4.74 Å². The summed E-state index contributed by atoms with van der Waals surface area (Å²) < 4.78 is 5.52. The van der Waals surface area contributed by atoms with Crippen LogP contribution in [0.4, 0.5) is 0 Å². The lowest BCUT2D eigenvalue weighted by Gasteiger charge is -2.14. The highest BCUT2D eigenvalue weighted by Gasteiger charge is 2.09. The van der Waals surface area contributed by atoms with Gasteiger partial charge in [-0.2, -0.15) is 0 Å². The lowest BCUT2D eigenvalue weighted by atomic mass is 10.3. The van der Waals surface area contributed by atoms with E-state index in [1.807, 2.05) is 25.3 Å². The molecule has 0 radical (unpaired) electrons. The number of thioether (sulfide) groups is 1. The highest BCUT2D eigenvalue weighted by atomic mass is 35.5. The van der Waals surface area contributed by atoms with Crippen LogP contribution in [0.25, 0.3) is 0 Å². The van der Waals surface area contributed by atoms with Gasteiger partial charge in [-0.3, -0.25) is 5.41 Å². The molecule has 0 saturated carbocycles. The van der Waals surface area contributed by atoms with E-state index in [1.54, 1.807) is 12.1 Å². The largest absolute Gasteiger partial charge is 0.484 e. The lowest BCUT2D eigenvalue weighted by Crippen LogP contribution is -2.19. The molecular weight excluding hydrogens is 218 g/mol. The summed E-state index contributed by atoms with van der Waals surface area (Å²) in [5, 5.41) is 8.70. The molecule has 76 valence electrons. The van der Waals surface area contributed by atoms with Crippen LogP contribution in [0.2, 0.25) is 5.02 Å². The predicted molar refractivity (Wildman–Crippen MR) is 62.8 cm³/mol. The van der Waals surface area contributed by atoms with Gasteiger partial charge in [-0.25, -0.2) is 0 Å². The fourth-order valence-electron chi connectivity index (χ4n) is 0.964. The number of benzene rings is 1. The van der Waals surface area contributed by atoms with Gasteiger partial charge >= 0.3 is 0 Å². The molecule has 1 atom stereocenters. The summed E-state index contributed by atoms with van der Waals surface area (Å²) in [6.45, 7) is 1.85. The van der Waals surface area contributed by atoms with Gasteiger partial charge in [0.15, 0.2) is 0 Å². The van der Waals surface area contributed by atoms with Gasteiger partial charge in [0.1, 0.15) is 16.9 Å². The van der Waals surface area contributed by atoms with Crippen LogP contribution >= 0.6 is 23.4 Å². The Morgan fingerprint density at radius 2 is 2.29 bits per heavy atom. The fraction of sp³-hybridized carbons (Fsp3) is 0.300. The van der Waals surface area contributed by atoms with Crippen molar-refractivity contribution in [2.24, 2.45) is 0 Å². The third-order valence-corrected chi connectivity index (χ3v) is 2.70. The van der Waals surface area contributed by atoms with E-state index in [0.29, 0.717) is 15.8 Å². The second kappa shape index (κ2) is 5.27. The third-order valence-electron chi connectivity index (χ3n) is 1.70. The monoisotopic (exact) mass is 229 g/mol. The molecule has 1 aromatic carbocycles. The van der Waals surface area contributed by atoms with Crippen LogP contribution in [0.15, 0.2) is 24.3 Å². The first-order chi connectivity index (χ1) is 6.63. The molecule has 14 heavy (non-hydrogen) atoms. The summed E-state index contributed by atoms with van der Waals surface area (Å²) in [6.07, 6.45) is 1.64. The average molecular weight is 230 g/mol. The number of hydrogen-bond donors (Lipinski definition) is 1. The van der Waals surface area contributed by atoms with Gasteiger partial charge in [0, 0.05) is 5.02 Å². The van der Waals surface area contributed by atoms with E-state index in [9.17, 15) is 0 Å². The number of ether oxygens (including phenoxy) is 1. The van der Waals surface area contributed by atoms with Crippen molar-refractivity contribution < 1.29 is 4.74 Å². The number of hydrogen-bond acceptors (Lipinski definition) is 3. The molecule has 1 aromatic rings. The topological polar surface area (TPSA) is 33.1 Å². The Morgan fingerprint density at radius 3 is 2.86 bits per heavy atom. The predicted octanol–water partition coefficient (Wildman–Crippen LogP) is 3.45. The molecule has 0 fully saturated rings. The third kappa shape index (κ3) is 3.24. The molecule has 1 rings (SSSR count). The Morgan fingerprint density at radius 1 is 1.57 bits per heavy atom. The number of nitrogens with one attached hydrogen (secondary N) is 1. The highest BCUT2D eigenvalue weighted by Crippen LogP contribution is 2.19. The van der Waals surface area contributed by atoms with E-state index < -0.39 is 0 Å². The Balaban J connectivity index is 2.64. The van der Waals surface area contributed by atoms with Gasteiger partial charge < -0.3 is 4.74 Å². The van der Waals surface area contributed by atoms with E-state index in [2.05, 4.69) is 0 Å². The molecule has 2 nitrogen and oxygen atoms in total. The fourth-order valence-corrected chi connectivity index (χ4v) is 1.52. The smallest absolute Gasteiger partial charge is 0.143 e. The van der Waals surface area contributed by atoms with E-state index in [4.69, 9.17) is 21.7 Å². The molecule has 0 aliphatic carbocycles. The zero-order valence-electron chi connectivity index (χ0n) is 8.08. The molecule has 0 spiro atoms. The van der Waals surface area contributed by atoms with Gasteiger partial charge in [0.2, 0.25) is 0 Å². The second-order valence-corrected chi connectivity index (χ2v) is 4.07. The van der Waals surface area contributed by atoms with E-state index in [0.717, 1.165) is 0 Å². The Kier molecular flexibility index (Phi) is 4.29. The van der Waals surface area contributed by atoms with Crippen molar-refractivity contribution in [1.29, 1.82) is 5.41 Å².